The van der Waals surface area contributed by atoms with Crippen LogP contribution in [0.1, 0.15) is 32.6 Å². The van der Waals surface area contributed by atoms with Gasteiger partial charge < -0.3 is 9.84 Å². The van der Waals surface area contributed by atoms with E-state index >= 15 is 0 Å². The summed E-state index contributed by atoms with van der Waals surface area (Å²) in [4.78, 5) is 10.9. The van der Waals surface area contributed by atoms with Gasteiger partial charge in [-0.05, 0) is 19.3 Å². The highest BCUT2D eigenvalue weighted by molar-refractivity contribution is 8.01. The Bertz CT molecular complexity index is 178. The highest BCUT2D eigenvalue weighted by Crippen LogP contribution is 2.28. The van der Waals surface area contributed by atoms with Crippen molar-refractivity contribution < 1.29 is 14.6 Å². The maximum atomic E-state index is 10.9. The quantitative estimate of drug-likeness (QED) is 0.768. The van der Waals surface area contributed by atoms with Gasteiger partial charge in [-0.1, -0.05) is 13.3 Å². The molecule has 0 spiro atoms. The minimum Gasteiger partial charge on any atom is -0.480 e. The predicted molar refractivity (Wildman–Crippen MR) is 57.8 cm³/mol. The summed E-state index contributed by atoms with van der Waals surface area (Å²) >= 11 is 1.62. The molecule has 1 saturated heterocycles. The van der Waals surface area contributed by atoms with Gasteiger partial charge in [0.05, 0.1) is 0 Å². The van der Waals surface area contributed by atoms with Gasteiger partial charge in [-0.2, -0.15) is 0 Å². The van der Waals surface area contributed by atoms with E-state index in [1.165, 1.54) is 0 Å². The zero-order valence-electron chi connectivity index (χ0n) is 8.57. The van der Waals surface area contributed by atoms with Gasteiger partial charge in [-0.25, -0.2) is 0 Å². The first-order valence-corrected chi connectivity index (χ1v) is 6.14. The number of hydrogen-bond acceptors (Lipinski definition) is 3. The number of rotatable bonds is 5. The smallest absolute Gasteiger partial charge is 0.316 e. The Kier molecular flexibility index (Phi) is 5.33. The van der Waals surface area contributed by atoms with Crippen LogP contribution in [0.5, 0.6) is 0 Å². The van der Waals surface area contributed by atoms with E-state index < -0.39 is 5.97 Å². The monoisotopic (exact) mass is 218 g/mol. The van der Waals surface area contributed by atoms with Crippen molar-refractivity contribution in [2.24, 2.45) is 0 Å². The molecule has 82 valence electrons. The van der Waals surface area contributed by atoms with Crippen LogP contribution in [0.3, 0.4) is 0 Å². The molecule has 0 aromatic carbocycles. The maximum absolute atomic E-state index is 10.9. The lowest BCUT2D eigenvalue weighted by Crippen LogP contribution is -2.24. The second kappa shape index (κ2) is 6.30. The summed E-state index contributed by atoms with van der Waals surface area (Å²) in [6, 6.07) is 0. The summed E-state index contributed by atoms with van der Waals surface area (Å²) < 4.78 is 5.24. The van der Waals surface area contributed by atoms with Crippen LogP contribution in [-0.4, -0.2) is 34.8 Å². The normalized spacial score (nSPS) is 20.6. The lowest BCUT2D eigenvalue weighted by Gasteiger charge is -2.24. The second-order valence-corrected chi connectivity index (χ2v) is 5.07. The van der Waals surface area contributed by atoms with Crippen LogP contribution in [0.4, 0.5) is 0 Å². The topological polar surface area (TPSA) is 46.5 Å². The fraction of sp³-hybridized carbons (Fsp3) is 0.900. The first-order chi connectivity index (χ1) is 6.74. The molecule has 1 fully saturated rings. The van der Waals surface area contributed by atoms with Crippen molar-refractivity contribution in [2.75, 3.05) is 13.2 Å². The molecule has 0 radical (unpaired) electrons. The van der Waals surface area contributed by atoms with Gasteiger partial charge >= 0.3 is 5.97 Å². The number of carboxylic acid groups (broad SMARTS) is 1. The molecule has 0 saturated carbocycles. The minimum atomic E-state index is -0.664. The molecule has 0 aliphatic carbocycles. The lowest BCUT2D eigenvalue weighted by molar-refractivity contribution is -0.136. The molecular weight excluding hydrogens is 200 g/mol. The second-order valence-electron chi connectivity index (χ2n) is 3.56. The Morgan fingerprint density at radius 2 is 2.21 bits per heavy atom. The maximum Gasteiger partial charge on any atom is 0.316 e. The van der Waals surface area contributed by atoms with Crippen LogP contribution in [0.25, 0.3) is 0 Å². The average molecular weight is 218 g/mol. The van der Waals surface area contributed by atoms with Crippen LogP contribution in [0.15, 0.2) is 0 Å². The summed E-state index contributed by atoms with van der Waals surface area (Å²) in [6.45, 7) is 3.60. The van der Waals surface area contributed by atoms with Crippen molar-refractivity contribution in [1.29, 1.82) is 0 Å². The minimum absolute atomic E-state index is 0.219. The van der Waals surface area contributed by atoms with Crippen LogP contribution < -0.4 is 0 Å². The SMILES string of the molecule is CCCC(SC1CCOCC1)C(=O)O. The third-order valence-corrected chi connectivity index (χ3v) is 3.97. The zero-order valence-corrected chi connectivity index (χ0v) is 9.39. The number of hydrogen-bond donors (Lipinski definition) is 1. The van der Waals surface area contributed by atoms with Crippen LogP contribution in [0, 0.1) is 0 Å². The van der Waals surface area contributed by atoms with Crippen LogP contribution in [0.2, 0.25) is 0 Å². The molecule has 4 heteroatoms. The van der Waals surface area contributed by atoms with Gasteiger partial charge in [0.1, 0.15) is 5.25 Å². The molecule has 0 amide bonds. The fourth-order valence-electron chi connectivity index (χ4n) is 1.56. The summed E-state index contributed by atoms with van der Waals surface area (Å²) in [6.07, 6.45) is 3.71. The third kappa shape index (κ3) is 3.88. The molecule has 1 aliphatic heterocycles. The van der Waals surface area contributed by atoms with E-state index in [2.05, 4.69) is 0 Å². The first-order valence-electron chi connectivity index (χ1n) is 5.20. The summed E-state index contributed by atoms with van der Waals surface area (Å²) in [7, 11) is 0. The van der Waals surface area contributed by atoms with E-state index in [0.29, 0.717) is 5.25 Å². The van der Waals surface area contributed by atoms with E-state index in [9.17, 15) is 4.79 Å². The van der Waals surface area contributed by atoms with Crippen molar-refractivity contribution in [2.45, 2.75) is 43.1 Å². The molecule has 0 aromatic rings. The van der Waals surface area contributed by atoms with Crippen molar-refractivity contribution in [1.82, 2.24) is 0 Å². The van der Waals surface area contributed by atoms with Crippen molar-refractivity contribution in [3.05, 3.63) is 0 Å². The number of carboxylic acids is 1. The standard InChI is InChI=1S/C10H18O3S/c1-2-3-9(10(11)12)14-8-4-6-13-7-5-8/h8-9H,2-7H2,1H3,(H,11,12). The largest absolute Gasteiger partial charge is 0.480 e. The average Bonchev–Trinajstić information content (AvgIpc) is 2.18. The molecule has 14 heavy (non-hydrogen) atoms. The molecule has 1 heterocycles. The Hall–Kier alpha value is -0.220. The molecule has 1 unspecified atom stereocenters. The molecule has 0 aromatic heterocycles. The Morgan fingerprint density at radius 1 is 1.57 bits per heavy atom. The van der Waals surface area contributed by atoms with Gasteiger partial charge in [-0.3, -0.25) is 4.79 Å². The summed E-state index contributed by atoms with van der Waals surface area (Å²) in [5, 5.41) is 9.25. The number of thioether (sulfide) groups is 1. The number of carbonyl (C=O) groups is 1. The van der Waals surface area contributed by atoms with E-state index in [1.54, 1.807) is 11.8 Å². The van der Waals surface area contributed by atoms with Crippen LogP contribution >= 0.6 is 11.8 Å². The molecule has 0 bridgehead atoms. The molecule has 1 rings (SSSR count). The Labute approximate surface area is 89.2 Å². The highest BCUT2D eigenvalue weighted by Gasteiger charge is 2.23. The van der Waals surface area contributed by atoms with Crippen molar-refractivity contribution in [3.8, 4) is 0 Å². The van der Waals surface area contributed by atoms with Gasteiger partial charge in [0.15, 0.2) is 0 Å². The fourth-order valence-corrected chi connectivity index (χ4v) is 2.97. The Morgan fingerprint density at radius 3 is 2.71 bits per heavy atom. The van der Waals surface area contributed by atoms with Crippen molar-refractivity contribution in [3.63, 3.8) is 0 Å². The number of aliphatic carboxylic acids is 1. The van der Waals surface area contributed by atoms with Gasteiger partial charge in [0.25, 0.3) is 0 Å². The van der Waals surface area contributed by atoms with Gasteiger partial charge in [0.2, 0.25) is 0 Å². The molecule has 1 atom stereocenters. The Balaban J connectivity index is 2.33. The predicted octanol–water partition coefficient (Wildman–Crippen LogP) is 2.15. The molecule has 1 aliphatic rings. The number of ether oxygens (including phenoxy) is 1. The van der Waals surface area contributed by atoms with E-state index in [4.69, 9.17) is 9.84 Å². The van der Waals surface area contributed by atoms with E-state index in [0.717, 1.165) is 38.9 Å². The van der Waals surface area contributed by atoms with Crippen LogP contribution in [-0.2, 0) is 9.53 Å². The molecule has 1 N–H and O–H groups in total. The molecular formula is C10H18O3S. The highest BCUT2D eigenvalue weighted by atomic mass is 32.2. The zero-order chi connectivity index (χ0) is 10.4. The summed E-state index contributed by atoms with van der Waals surface area (Å²) in [5.41, 5.74) is 0. The molecule has 3 nitrogen and oxygen atoms in total. The van der Waals surface area contributed by atoms with Gasteiger partial charge in [-0.15, -0.1) is 11.8 Å². The van der Waals surface area contributed by atoms with E-state index in [1.807, 2.05) is 6.92 Å². The van der Waals surface area contributed by atoms with E-state index in [-0.39, 0.29) is 5.25 Å². The lowest BCUT2D eigenvalue weighted by atomic mass is 10.2. The van der Waals surface area contributed by atoms with Gasteiger partial charge in [0, 0.05) is 18.5 Å². The summed E-state index contributed by atoms with van der Waals surface area (Å²) in [5.74, 6) is -0.664. The van der Waals surface area contributed by atoms with Crippen molar-refractivity contribution >= 4 is 17.7 Å². The first kappa shape index (κ1) is 11.9. The third-order valence-electron chi connectivity index (χ3n) is 2.35.